The maximum atomic E-state index is 14.2. The molecule has 1 aliphatic heterocycles. The molecular formula is C14H16F2N4S2. The summed E-state index contributed by atoms with van der Waals surface area (Å²) >= 11 is 2.77. The van der Waals surface area contributed by atoms with E-state index in [9.17, 15) is 8.78 Å². The predicted molar refractivity (Wildman–Crippen MR) is 89.9 cm³/mol. The number of nitrogens with one attached hydrogen (secondary N) is 1. The van der Waals surface area contributed by atoms with Crippen LogP contribution < -0.4 is 16.0 Å². The van der Waals surface area contributed by atoms with Gasteiger partial charge < -0.3 is 16.0 Å². The van der Waals surface area contributed by atoms with E-state index >= 15 is 0 Å². The molecule has 0 atom stereocenters. The number of thiocyanates is 1. The topological polar surface area (TPSA) is 65.1 Å². The van der Waals surface area contributed by atoms with Crippen molar-refractivity contribution in [2.75, 3.05) is 40.6 Å². The molecule has 2 rings (SSSR count). The zero-order valence-corrected chi connectivity index (χ0v) is 13.4. The van der Waals surface area contributed by atoms with Gasteiger partial charge in [0, 0.05) is 47.9 Å². The van der Waals surface area contributed by atoms with E-state index in [4.69, 9.17) is 11.0 Å². The molecule has 1 saturated heterocycles. The molecule has 1 aromatic carbocycles. The Morgan fingerprint density at radius 1 is 1.41 bits per heavy atom. The Labute approximate surface area is 136 Å². The summed E-state index contributed by atoms with van der Waals surface area (Å²) in [5.74, 6) is 0.891. The second kappa shape index (κ2) is 8.15. The fourth-order valence-electron chi connectivity index (χ4n) is 2.07. The third-order valence-corrected chi connectivity index (χ3v) is 4.62. The van der Waals surface area contributed by atoms with Crippen LogP contribution in [0.3, 0.4) is 0 Å². The predicted octanol–water partition coefficient (Wildman–Crippen LogP) is 2.94. The fourth-order valence-corrected chi connectivity index (χ4v) is 3.29. The molecule has 22 heavy (non-hydrogen) atoms. The second-order valence-corrected chi connectivity index (χ2v) is 6.62. The number of benzene rings is 1. The van der Waals surface area contributed by atoms with Gasteiger partial charge in [0.05, 0.1) is 0 Å². The van der Waals surface area contributed by atoms with Crippen molar-refractivity contribution < 1.29 is 8.78 Å². The van der Waals surface area contributed by atoms with Gasteiger partial charge in [0.25, 0.3) is 0 Å². The summed E-state index contributed by atoms with van der Waals surface area (Å²) in [5.41, 5.74) is 6.40. The van der Waals surface area contributed by atoms with Crippen LogP contribution in [0.4, 0.5) is 20.2 Å². The van der Waals surface area contributed by atoms with Gasteiger partial charge in [-0.25, -0.2) is 8.78 Å². The Kier molecular flexibility index (Phi) is 6.21. The van der Waals surface area contributed by atoms with Gasteiger partial charge in [-0.1, -0.05) is 0 Å². The van der Waals surface area contributed by atoms with Crippen molar-refractivity contribution in [3.05, 3.63) is 35.7 Å². The molecule has 0 bridgehead atoms. The number of nitriles is 1. The third kappa shape index (κ3) is 4.45. The van der Waals surface area contributed by atoms with Crippen LogP contribution >= 0.6 is 23.5 Å². The summed E-state index contributed by atoms with van der Waals surface area (Å²) in [7, 11) is 0. The summed E-state index contributed by atoms with van der Waals surface area (Å²) in [4.78, 5) is 1.73. The fraction of sp³-hybridized carbons (Fsp3) is 0.357. The van der Waals surface area contributed by atoms with Gasteiger partial charge in [-0.15, -0.1) is 0 Å². The van der Waals surface area contributed by atoms with E-state index in [1.807, 2.05) is 5.40 Å². The molecule has 0 aliphatic carbocycles. The molecule has 0 unspecified atom stereocenters. The van der Waals surface area contributed by atoms with Crippen molar-refractivity contribution in [1.82, 2.24) is 0 Å². The number of hydrogen-bond acceptors (Lipinski definition) is 6. The number of halogens is 2. The summed E-state index contributed by atoms with van der Waals surface area (Å²) < 4.78 is 28.4. The van der Waals surface area contributed by atoms with Crippen molar-refractivity contribution in [1.29, 1.82) is 5.26 Å². The second-order valence-electron chi connectivity index (χ2n) is 4.63. The highest BCUT2D eigenvalue weighted by Gasteiger charge is 2.20. The number of nitrogens with two attached hydrogens (primary N) is 1. The standard InChI is InChI=1S/C14H16F2N4S2/c15-12-5-11(19-7-10(18)8-22-9-17)6-13(16)14(12)20-1-3-21-4-2-20/h5-7,19H,1-4,8,18H2/b10-7-. The van der Waals surface area contributed by atoms with Crippen LogP contribution in [0.1, 0.15) is 0 Å². The number of thioether (sulfide) groups is 2. The SMILES string of the molecule is N#CSC/C(N)=C/Nc1cc(F)c(N2CCSCC2)c(F)c1. The summed E-state index contributed by atoms with van der Waals surface area (Å²) in [6.07, 6.45) is 1.44. The quantitative estimate of drug-likeness (QED) is 0.802. The first-order valence-corrected chi connectivity index (χ1v) is 8.79. The molecule has 118 valence electrons. The average Bonchev–Trinajstić information content (AvgIpc) is 2.51. The van der Waals surface area contributed by atoms with E-state index in [-0.39, 0.29) is 11.4 Å². The first-order valence-electron chi connectivity index (χ1n) is 6.65. The van der Waals surface area contributed by atoms with Crippen LogP contribution in [-0.4, -0.2) is 30.3 Å². The van der Waals surface area contributed by atoms with E-state index in [0.717, 1.165) is 23.3 Å². The molecule has 0 amide bonds. The molecule has 3 N–H and O–H groups in total. The van der Waals surface area contributed by atoms with E-state index < -0.39 is 11.6 Å². The molecule has 0 radical (unpaired) electrons. The highest BCUT2D eigenvalue weighted by atomic mass is 32.2. The molecule has 0 spiro atoms. The van der Waals surface area contributed by atoms with Gasteiger partial charge in [0.1, 0.15) is 11.1 Å². The lowest BCUT2D eigenvalue weighted by Gasteiger charge is -2.29. The molecule has 8 heteroatoms. The number of hydrogen-bond donors (Lipinski definition) is 2. The van der Waals surface area contributed by atoms with Crippen molar-refractivity contribution in [3.63, 3.8) is 0 Å². The van der Waals surface area contributed by atoms with E-state index in [0.29, 0.717) is 24.5 Å². The Balaban J connectivity index is 2.10. The molecule has 1 aliphatic rings. The van der Waals surface area contributed by atoms with Crippen molar-refractivity contribution in [2.45, 2.75) is 0 Å². The molecule has 0 saturated carbocycles. The van der Waals surface area contributed by atoms with E-state index in [1.54, 1.807) is 16.7 Å². The van der Waals surface area contributed by atoms with Crippen LogP contribution in [0.25, 0.3) is 0 Å². The summed E-state index contributed by atoms with van der Waals surface area (Å²) in [5, 5.41) is 13.1. The molecule has 4 nitrogen and oxygen atoms in total. The van der Waals surface area contributed by atoms with Gasteiger partial charge in [0.2, 0.25) is 0 Å². The highest BCUT2D eigenvalue weighted by molar-refractivity contribution is 8.03. The first-order chi connectivity index (χ1) is 10.6. The zero-order valence-electron chi connectivity index (χ0n) is 11.8. The summed E-state index contributed by atoms with van der Waals surface area (Å²) in [6, 6.07) is 2.50. The third-order valence-electron chi connectivity index (χ3n) is 3.07. The van der Waals surface area contributed by atoms with Crippen molar-refractivity contribution >= 4 is 34.9 Å². The lowest BCUT2D eigenvalue weighted by molar-refractivity contribution is 0.574. The molecule has 1 heterocycles. The smallest absolute Gasteiger partial charge is 0.151 e. The first kappa shape index (κ1) is 16.8. The molecule has 1 fully saturated rings. The zero-order chi connectivity index (χ0) is 15.9. The normalized spacial score (nSPS) is 15.5. The van der Waals surface area contributed by atoms with Gasteiger partial charge in [-0.2, -0.15) is 17.0 Å². The Hall–Kier alpha value is -1.59. The number of nitrogens with zero attached hydrogens (tertiary/aromatic N) is 2. The van der Waals surface area contributed by atoms with Crippen molar-refractivity contribution in [3.8, 4) is 5.40 Å². The Morgan fingerprint density at radius 3 is 2.64 bits per heavy atom. The number of anilines is 2. The maximum Gasteiger partial charge on any atom is 0.151 e. The minimum atomic E-state index is -0.590. The number of rotatable bonds is 5. The van der Waals surface area contributed by atoms with Crippen LogP contribution in [0, 0.1) is 22.3 Å². The summed E-state index contributed by atoms with van der Waals surface area (Å²) in [6.45, 7) is 1.28. The van der Waals surface area contributed by atoms with Crippen LogP contribution in [-0.2, 0) is 0 Å². The van der Waals surface area contributed by atoms with Gasteiger partial charge >= 0.3 is 0 Å². The van der Waals surface area contributed by atoms with Crippen LogP contribution in [0.2, 0.25) is 0 Å². The van der Waals surface area contributed by atoms with Gasteiger partial charge in [-0.3, -0.25) is 0 Å². The Morgan fingerprint density at radius 2 is 2.05 bits per heavy atom. The van der Waals surface area contributed by atoms with Gasteiger partial charge in [-0.05, 0) is 23.9 Å². The minimum Gasteiger partial charge on any atom is -0.400 e. The molecule has 0 aromatic heterocycles. The van der Waals surface area contributed by atoms with Crippen LogP contribution in [0.15, 0.2) is 24.0 Å². The lowest BCUT2D eigenvalue weighted by atomic mass is 10.2. The van der Waals surface area contributed by atoms with E-state index in [2.05, 4.69) is 5.32 Å². The maximum absolute atomic E-state index is 14.2. The Bertz CT molecular complexity index is 572. The van der Waals surface area contributed by atoms with Gasteiger partial charge in [0.15, 0.2) is 11.6 Å². The lowest BCUT2D eigenvalue weighted by Crippen LogP contribution is -2.33. The average molecular weight is 342 g/mol. The van der Waals surface area contributed by atoms with Crippen LogP contribution in [0.5, 0.6) is 0 Å². The monoisotopic (exact) mass is 342 g/mol. The molecule has 1 aromatic rings. The van der Waals surface area contributed by atoms with E-state index in [1.165, 1.54) is 18.3 Å². The largest absolute Gasteiger partial charge is 0.400 e. The molecular weight excluding hydrogens is 326 g/mol. The highest BCUT2D eigenvalue weighted by Crippen LogP contribution is 2.29. The van der Waals surface area contributed by atoms with Crippen molar-refractivity contribution in [2.24, 2.45) is 5.73 Å². The minimum absolute atomic E-state index is 0.0304.